The molecule has 0 aromatic rings. The molecule has 0 heterocycles. The Morgan fingerprint density at radius 1 is 1.25 bits per heavy atom. The van der Waals surface area contributed by atoms with E-state index in [1.807, 2.05) is 13.8 Å². The fraction of sp³-hybridized carbons (Fsp3) is 0.923. The van der Waals surface area contributed by atoms with Gasteiger partial charge in [-0.1, -0.05) is 41.0 Å². The zero-order valence-corrected chi connectivity index (χ0v) is 11.3. The Kier molecular flexibility index (Phi) is 7.39. The van der Waals surface area contributed by atoms with Crippen LogP contribution in [0.5, 0.6) is 0 Å². The van der Waals surface area contributed by atoms with E-state index in [0.717, 1.165) is 19.4 Å². The Bertz CT molecular complexity index is 204. The van der Waals surface area contributed by atoms with Gasteiger partial charge in [0.05, 0.1) is 0 Å². The first-order valence-corrected chi connectivity index (χ1v) is 6.34. The number of aliphatic carboxylic acids is 1. The molecule has 3 atom stereocenters. The largest absolute Gasteiger partial charge is 0.480 e. The van der Waals surface area contributed by atoms with Gasteiger partial charge in [0.2, 0.25) is 0 Å². The second kappa shape index (κ2) is 7.66. The van der Waals surface area contributed by atoms with Crippen molar-refractivity contribution < 1.29 is 9.90 Å². The third-order valence-corrected chi connectivity index (χ3v) is 3.04. The van der Waals surface area contributed by atoms with Crippen molar-refractivity contribution in [3.63, 3.8) is 0 Å². The van der Waals surface area contributed by atoms with Gasteiger partial charge in [-0.15, -0.1) is 0 Å². The standard InChI is InChI=1S/C13H27NO2/c1-6-11(5)12(13(15)16)14-8-10(4)7-9(2)3/h9-12,14H,6-8H2,1-5H3,(H,15,16)/t10?,11-,12-/m0/s1. The lowest BCUT2D eigenvalue weighted by Crippen LogP contribution is -2.43. The average molecular weight is 229 g/mol. The molecule has 0 bridgehead atoms. The Morgan fingerprint density at radius 2 is 1.81 bits per heavy atom. The van der Waals surface area contributed by atoms with Crippen LogP contribution in [0.3, 0.4) is 0 Å². The molecule has 0 aliphatic rings. The highest BCUT2D eigenvalue weighted by molar-refractivity contribution is 5.73. The Balaban J connectivity index is 4.07. The average Bonchev–Trinajstić information content (AvgIpc) is 2.15. The molecule has 0 fully saturated rings. The monoisotopic (exact) mass is 229 g/mol. The molecule has 0 saturated heterocycles. The summed E-state index contributed by atoms with van der Waals surface area (Å²) in [5.41, 5.74) is 0. The van der Waals surface area contributed by atoms with E-state index in [-0.39, 0.29) is 5.92 Å². The predicted octanol–water partition coefficient (Wildman–Crippen LogP) is 2.76. The summed E-state index contributed by atoms with van der Waals surface area (Å²) in [4.78, 5) is 11.1. The highest BCUT2D eigenvalue weighted by Gasteiger charge is 2.23. The smallest absolute Gasteiger partial charge is 0.320 e. The summed E-state index contributed by atoms with van der Waals surface area (Å²) in [6.45, 7) is 11.4. The molecular formula is C13H27NO2. The maximum atomic E-state index is 11.1. The summed E-state index contributed by atoms with van der Waals surface area (Å²) >= 11 is 0. The molecular weight excluding hydrogens is 202 g/mol. The number of hydrogen-bond donors (Lipinski definition) is 2. The van der Waals surface area contributed by atoms with Gasteiger partial charge in [0.1, 0.15) is 6.04 Å². The molecule has 0 aromatic carbocycles. The van der Waals surface area contributed by atoms with Gasteiger partial charge in [-0.05, 0) is 30.7 Å². The molecule has 16 heavy (non-hydrogen) atoms. The summed E-state index contributed by atoms with van der Waals surface area (Å²) in [5, 5.41) is 12.3. The minimum atomic E-state index is -0.730. The van der Waals surface area contributed by atoms with Gasteiger partial charge in [-0.2, -0.15) is 0 Å². The molecule has 0 spiro atoms. The van der Waals surface area contributed by atoms with Crippen molar-refractivity contribution >= 4 is 5.97 Å². The summed E-state index contributed by atoms with van der Waals surface area (Å²) in [6, 6.07) is -0.403. The molecule has 3 nitrogen and oxygen atoms in total. The summed E-state index contributed by atoms with van der Waals surface area (Å²) in [6.07, 6.45) is 2.03. The van der Waals surface area contributed by atoms with E-state index in [0.29, 0.717) is 11.8 Å². The predicted molar refractivity (Wildman–Crippen MR) is 67.5 cm³/mol. The second-order valence-electron chi connectivity index (χ2n) is 5.34. The van der Waals surface area contributed by atoms with E-state index in [2.05, 4.69) is 26.1 Å². The van der Waals surface area contributed by atoms with E-state index in [1.165, 1.54) is 0 Å². The first-order chi connectivity index (χ1) is 7.38. The summed E-state index contributed by atoms with van der Waals surface area (Å²) < 4.78 is 0. The van der Waals surface area contributed by atoms with Gasteiger partial charge in [0.15, 0.2) is 0 Å². The van der Waals surface area contributed by atoms with Crippen LogP contribution in [0.25, 0.3) is 0 Å². The van der Waals surface area contributed by atoms with Crippen molar-refractivity contribution in [3.8, 4) is 0 Å². The fourth-order valence-electron chi connectivity index (χ4n) is 1.98. The third kappa shape index (κ3) is 6.11. The second-order valence-corrected chi connectivity index (χ2v) is 5.34. The third-order valence-electron chi connectivity index (χ3n) is 3.04. The van der Waals surface area contributed by atoms with Crippen LogP contribution in [0.15, 0.2) is 0 Å². The van der Waals surface area contributed by atoms with E-state index in [4.69, 9.17) is 5.11 Å². The van der Waals surface area contributed by atoms with E-state index in [9.17, 15) is 4.79 Å². The SMILES string of the molecule is CC[C@H](C)[C@H](NCC(C)CC(C)C)C(=O)O. The molecule has 0 aromatic heterocycles. The van der Waals surface area contributed by atoms with Crippen molar-refractivity contribution in [2.75, 3.05) is 6.54 Å². The van der Waals surface area contributed by atoms with Crippen molar-refractivity contribution in [2.45, 2.75) is 53.5 Å². The minimum Gasteiger partial charge on any atom is -0.480 e. The molecule has 0 radical (unpaired) electrons. The summed E-state index contributed by atoms with van der Waals surface area (Å²) in [5.74, 6) is 0.657. The van der Waals surface area contributed by atoms with E-state index >= 15 is 0 Å². The zero-order valence-electron chi connectivity index (χ0n) is 11.3. The van der Waals surface area contributed by atoms with E-state index in [1.54, 1.807) is 0 Å². The van der Waals surface area contributed by atoms with E-state index < -0.39 is 12.0 Å². The van der Waals surface area contributed by atoms with Crippen LogP contribution in [-0.4, -0.2) is 23.7 Å². The number of nitrogens with one attached hydrogen (secondary N) is 1. The lowest BCUT2D eigenvalue weighted by molar-refractivity contribution is -0.140. The van der Waals surface area contributed by atoms with Crippen LogP contribution in [0.4, 0.5) is 0 Å². The topological polar surface area (TPSA) is 49.3 Å². The lowest BCUT2D eigenvalue weighted by Gasteiger charge is -2.23. The lowest BCUT2D eigenvalue weighted by atomic mass is 9.96. The van der Waals surface area contributed by atoms with Crippen molar-refractivity contribution in [3.05, 3.63) is 0 Å². The van der Waals surface area contributed by atoms with Crippen LogP contribution >= 0.6 is 0 Å². The van der Waals surface area contributed by atoms with Gasteiger partial charge in [0, 0.05) is 0 Å². The molecule has 0 aliphatic carbocycles. The molecule has 0 aliphatic heterocycles. The molecule has 96 valence electrons. The van der Waals surface area contributed by atoms with Gasteiger partial charge in [0.25, 0.3) is 0 Å². The highest BCUT2D eigenvalue weighted by atomic mass is 16.4. The van der Waals surface area contributed by atoms with Crippen LogP contribution in [0.1, 0.15) is 47.5 Å². The quantitative estimate of drug-likeness (QED) is 0.673. The van der Waals surface area contributed by atoms with Crippen molar-refractivity contribution in [1.29, 1.82) is 0 Å². The van der Waals surface area contributed by atoms with Crippen LogP contribution in [-0.2, 0) is 4.79 Å². The van der Waals surface area contributed by atoms with Gasteiger partial charge in [-0.3, -0.25) is 4.79 Å². The van der Waals surface area contributed by atoms with Crippen molar-refractivity contribution in [2.24, 2.45) is 17.8 Å². The fourth-order valence-corrected chi connectivity index (χ4v) is 1.98. The maximum Gasteiger partial charge on any atom is 0.320 e. The van der Waals surface area contributed by atoms with Gasteiger partial charge < -0.3 is 10.4 Å². The number of rotatable bonds is 8. The number of carboxylic acid groups (broad SMARTS) is 1. The Labute approximate surface area is 99.6 Å². The molecule has 3 heteroatoms. The van der Waals surface area contributed by atoms with Gasteiger partial charge in [-0.25, -0.2) is 0 Å². The van der Waals surface area contributed by atoms with Crippen LogP contribution in [0, 0.1) is 17.8 Å². The molecule has 0 saturated carbocycles. The molecule has 0 amide bonds. The molecule has 2 N–H and O–H groups in total. The van der Waals surface area contributed by atoms with Gasteiger partial charge >= 0.3 is 5.97 Å². The maximum absolute atomic E-state index is 11.1. The van der Waals surface area contributed by atoms with Crippen molar-refractivity contribution in [1.82, 2.24) is 5.32 Å². The summed E-state index contributed by atoms with van der Waals surface area (Å²) in [7, 11) is 0. The van der Waals surface area contributed by atoms with Crippen LogP contribution in [0.2, 0.25) is 0 Å². The first kappa shape index (κ1) is 15.4. The molecule has 0 rings (SSSR count). The first-order valence-electron chi connectivity index (χ1n) is 6.34. The molecule has 1 unspecified atom stereocenters. The Morgan fingerprint density at radius 3 is 2.19 bits per heavy atom. The normalized spacial score (nSPS) is 17.1. The number of hydrogen-bond acceptors (Lipinski definition) is 2. The number of carboxylic acids is 1. The Hall–Kier alpha value is -0.570. The van der Waals surface area contributed by atoms with Crippen LogP contribution < -0.4 is 5.32 Å². The zero-order chi connectivity index (χ0) is 12.7. The number of carbonyl (C=O) groups is 1. The minimum absolute atomic E-state index is 0.184. The highest BCUT2D eigenvalue weighted by Crippen LogP contribution is 2.12.